The molecule has 1 aliphatic rings. The molecule has 1 aliphatic heterocycles. The predicted octanol–water partition coefficient (Wildman–Crippen LogP) is 2.89. The molecular formula is C14H11ClN2O3. The summed E-state index contributed by atoms with van der Waals surface area (Å²) >= 11 is 6.33. The fraction of sp³-hybridized carbons (Fsp3) is 0.143. The van der Waals surface area contributed by atoms with Gasteiger partial charge in [-0.05, 0) is 29.8 Å². The average molecular weight is 291 g/mol. The number of furan rings is 1. The number of carbonyl (C=O) groups excluding carboxylic acids is 2. The van der Waals surface area contributed by atoms with E-state index in [0.717, 1.165) is 5.56 Å². The van der Waals surface area contributed by atoms with Gasteiger partial charge in [0.05, 0.1) is 17.6 Å². The van der Waals surface area contributed by atoms with Crippen LogP contribution in [0.5, 0.6) is 0 Å². The molecule has 20 heavy (non-hydrogen) atoms. The molecule has 0 saturated heterocycles. The Balaban J connectivity index is 1.96. The van der Waals surface area contributed by atoms with Gasteiger partial charge in [-0.1, -0.05) is 6.07 Å². The van der Waals surface area contributed by atoms with Gasteiger partial charge < -0.3 is 15.1 Å². The first-order valence-electron chi connectivity index (χ1n) is 6.04. The average Bonchev–Trinajstić information content (AvgIpc) is 2.88. The second-order valence-electron chi connectivity index (χ2n) is 4.46. The van der Waals surface area contributed by atoms with Crippen LogP contribution in [0.2, 0.25) is 0 Å². The lowest BCUT2D eigenvalue weighted by Crippen LogP contribution is -2.16. The molecular weight excluding hydrogens is 280 g/mol. The van der Waals surface area contributed by atoms with Crippen LogP contribution in [-0.2, 0) is 9.59 Å². The predicted molar refractivity (Wildman–Crippen MR) is 74.7 cm³/mol. The third kappa shape index (κ3) is 2.40. The Kier molecular flexibility index (Phi) is 3.20. The van der Waals surface area contributed by atoms with E-state index in [1.165, 1.54) is 0 Å². The summed E-state index contributed by atoms with van der Waals surface area (Å²) < 4.78 is 5.27. The second kappa shape index (κ2) is 5.02. The molecule has 0 bridgehead atoms. The minimum Gasteiger partial charge on any atom is -0.467 e. The Morgan fingerprint density at radius 3 is 2.55 bits per heavy atom. The number of hydrogen-bond donors (Lipinski definition) is 2. The normalized spacial score (nSPS) is 15.8. The topological polar surface area (TPSA) is 71.3 Å². The Labute approximate surface area is 119 Å². The highest BCUT2D eigenvalue weighted by atomic mass is 35.5. The highest BCUT2D eigenvalue weighted by molar-refractivity contribution is 6.22. The largest absolute Gasteiger partial charge is 0.467 e. The van der Waals surface area contributed by atoms with E-state index >= 15 is 0 Å². The SMILES string of the molecule is O=C1CC(=O)Nc2cc(C(Cl)c3ccco3)ccc2N1. The van der Waals surface area contributed by atoms with Crippen LogP contribution in [0, 0.1) is 0 Å². The number of rotatable bonds is 2. The Hall–Kier alpha value is -2.27. The number of carbonyl (C=O) groups is 2. The quantitative estimate of drug-likeness (QED) is 0.660. The van der Waals surface area contributed by atoms with Crippen molar-refractivity contribution in [3.05, 3.63) is 47.9 Å². The van der Waals surface area contributed by atoms with Crippen molar-refractivity contribution in [2.75, 3.05) is 10.6 Å². The van der Waals surface area contributed by atoms with E-state index in [1.54, 1.807) is 36.6 Å². The Morgan fingerprint density at radius 1 is 1.10 bits per heavy atom. The van der Waals surface area contributed by atoms with Crippen molar-refractivity contribution in [2.45, 2.75) is 11.8 Å². The number of anilines is 2. The summed E-state index contributed by atoms with van der Waals surface area (Å²) in [5.74, 6) is -0.0550. The van der Waals surface area contributed by atoms with Crippen LogP contribution in [0.4, 0.5) is 11.4 Å². The minimum atomic E-state index is -0.453. The number of fused-ring (bicyclic) bond motifs is 1. The van der Waals surface area contributed by atoms with Crippen molar-refractivity contribution in [2.24, 2.45) is 0 Å². The maximum atomic E-state index is 11.5. The molecule has 6 heteroatoms. The van der Waals surface area contributed by atoms with Crippen LogP contribution in [0.1, 0.15) is 23.1 Å². The van der Waals surface area contributed by atoms with Crippen LogP contribution < -0.4 is 10.6 Å². The van der Waals surface area contributed by atoms with Crippen molar-refractivity contribution in [3.8, 4) is 0 Å². The van der Waals surface area contributed by atoms with E-state index in [1.807, 2.05) is 0 Å². The van der Waals surface area contributed by atoms with E-state index in [0.29, 0.717) is 17.1 Å². The molecule has 0 fully saturated rings. The molecule has 5 nitrogen and oxygen atoms in total. The summed E-state index contributed by atoms with van der Waals surface area (Å²) in [5.41, 5.74) is 1.88. The molecule has 1 atom stereocenters. The summed E-state index contributed by atoms with van der Waals surface area (Å²) in [4.78, 5) is 23.0. The van der Waals surface area contributed by atoms with E-state index in [2.05, 4.69) is 10.6 Å². The van der Waals surface area contributed by atoms with Crippen molar-refractivity contribution in [3.63, 3.8) is 0 Å². The highest BCUT2D eigenvalue weighted by Crippen LogP contribution is 2.34. The smallest absolute Gasteiger partial charge is 0.233 e. The zero-order chi connectivity index (χ0) is 14.1. The fourth-order valence-corrected chi connectivity index (χ4v) is 2.33. The number of benzene rings is 1. The summed E-state index contributed by atoms with van der Waals surface area (Å²) in [5, 5.41) is 4.89. The van der Waals surface area contributed by atoms with Gasteiger partial charge in [-0.2, -0.15) is 0 Å². The molecule has 1 aromatic heterocycles. The van der Waals surface area contributed by atoms with Gasteiger partial charge in [-0.3, -0.25) is 9.59 Å². The first-order chi connectivity index (χ1) is 9.63. The maximum absolute atomic E-state index is 11.5. The number of hydrogen-bond acceptors (Lipinski definition) is 3. The number of alkyl halides is 1. The standard InChI is InChI=1S/C14H11ClN2O3/c15-14(11-2-1-5-20-11)8-3-4-9-10(6-8)17-13(19)7-12(18)16-9/h1-6,14H,7H2,(H,16,18)(H,17,19). The van der Waals surface area contributed by atoms with Crippen LogP contribution >= 0.6 is 11.6 Å². The second-order valence-corrected chi connectivity index (χ2v) is 4.89. The van der Waals surface area contributed by atoms with E-state index in [4.69, 9.17) is 16.0 Å². The molecule has 2 N–H and O–H groups in total. The van der Waals surface area contributed by atoms with Crippen molar-refractivity contribution in [1.82, 2.24) is 0 Å². The molecule has 2 heterocycles. The third-order valence-electron chi connectivity index (χ3n) is 3.00. The van der Waals surface area contributed by atoms with Crippen LogP contribution in [0.15, 0.2) is 41.0 Å². The lowest BCUT2D eigenvalue weighted by molar-refractivity contribution is -0.123. The fourth-order valence-electron chi connectivity index (χ4n) is 2.07. The van der Waals surface area contributed by atoms with E-state index in [-0.39, 0.29) is 18.2 Å². The first-order valence-corrected chi connectivity index (χ1v) is 6.48. The summed E-state index contributed by atoms with van der Waals surface area (Å²) in [6.45, 7) is 0. The Bertz CT molecular complexity index is 667. The minimum absolute atomic E-state index is 0.188. The van der Waals surface area contributed by atoms with Gasteiger partial charge in [0.25, 0.3) is 0 Å². The van der Waals surface area contributed by atoms with Crippen LogP contribution in [0.3, 0.4) is 0 Å². The number of halogens is 1. The monoisotopic (exact) mass is 290 g/mol. The van der Waals surface area contributed by atoms with Crippen molar-refractivity contribution < 1.29 is 14.0 Å². The van der Waals surface area contributed by atoms with Gasteiger partial charge in [0, 0.05) is 0 Å². The molecule has 0 aliphatic carbocycles. The van der Waals surface area contributed by atoms with E-state index in [9.17, 15) is 9.59 Å². The lowest BCUT2D eigenvalue weighted by atomic mass is 10.1. The van der Waals surface area contributed by atoms with Crippen molar-refractivity contribution >= 4 is 34.8 Å². The molecule has 2 aromatic rings. The van der Waals surface area contributed by atoms with Crippen LogP contribution in [-0.4, -0.2) is 11.8 Å². The molecule has 1 unspecified atom stereocenters. The molecule has 1 aromatic carbocycles. The van der Waals surface area contributed by atoms with E-state index < -0.39 is 5.38 Å². The van der Waals surface area contributed by atoms with Gasteiger partial charge >= 0.3 is 0 Å². The molecule has 0 radical (unpaired) electrons. The van der Waals surface area contributed by atoms with Gasteiger partial charge in [0.2, 0.25) is 11.8 Å². The summed E-state index contributed by atoms with van der Waals surface area (Å²) in [6, 6.07) is 8.78. The molecule has 2 amide bonds. The van der Waals surface area contributed by atoms with Crippen molar-refractivity contribution in [1.29, 1.82) is 0 Å². The zero-order valence-electron chi connectivity index (χ0n) is 10.4. The van der Waals surface area contributed by atoms with Gasteiger partial charge in [0.1, 0.15) is 17.6 Å². The first kappa shape index (κ1) is 12.7. The summed E-state index contributed by atoms with van der Waals surface area (Å²) in [7, 11) is 0. The van der Waals surface area contributed by atoms with Crippen LogP contribution in [0.25, 0.3) is 0 Å². The number of amides is 2. The highest BCUT2D eigenvalue weighted by Gasteiger charge is 2.20. The van der Waals surface area contributed by atoms with Gasteiger partial charge in [-0.25, -0.2) is 0 Å². The molecule has 3 rings (SSSR count). The van der Waals surface area contributed by atoms with Gasteiger partial charge in [-0.15, -0.1) is 11.6 Å². The summed E-state index contributed by atoms with van der Waals surface area (Å²) in [6.07, 6.45) is 1.36. The molecule has 0 saturated carbocycles. The van der Waals surface area contributed by atoms with Gasteiger partial charge in [0.15, 0.2) is 0 Å². The lowest BCUT2D eigenvalue weighted by Gasteiger charge is -2.12. The molecule has 102 valence electrons. The molecule has 0 spiro atoms. The number of nitrogens with one attached hydrogen (secondary N) is 2. The Morgan fingerprint density at radius 2 is 1.85 bits per heavy atom. The zero-order valence-corrected chi connectivity index (χ0v) is 11.1. The maximum Gasteiger partial charge on any atom is 0.233 e. The third-order valence-corrected chi connectivity index (χ3v) is 3.47.